The Labute approximate surface area is 98.5 Å². The standard InChI is InChI=1S/C10H11N3O3S/c1-17(15,16)9-4-2-8(3-5-9)13-7-11-12-10(13)6-14/h2-5,7,14H,6H2,1H3. The molecule has 1 N–H and O–H groups in total. The molecule has 0 amide bonds. The minimum atomic E-state index is -3.19. The largest absolute Gasteiger partial charge is 0.388 e. The highest BCUT2D eigenvalue weighted by atomic mass is 32.2. The summed E-state index contributed by atoms with van der Waals surface area (Å²) in [7, 11) is -3.19. The van der Waals surface area contributed by atoms with Crippen LogP contribution in [0.2, 0.25) is 0 Å². The van der Waals surface area contributed by atoms with Crippen LogP contribution in [0.4, 0.5) is 0 Å². The molecular weight excluding hydrogens is 242 g/mol. The van der Waals surface area contributed by atoms with Gasteiger partial charge >= 0.3 is 0 Å². The Balaban J connectivity index is 2.43. The van der Waals surface area contributed by atoms with Crippen LogP contribution in [0.15, 0.2) is 35.5 Å². The molecule has 0 atom stereocenters. The Kier molecular flexibility index (Phi) is 2.95. The minimum Gasteiger partial charge on any atom is -0.388 e. The molecule has 2 rings (SSSR count). The van der Waals surface area contributed by atoms with Crippen molar-refractivity contribution >= 4 is 9.84 Å². The predicted octanol–water partition coefficient (Wildman–Crippen LogP) is 0.163. The smallest absolute Gasteiger partial charge is 0.175 e. The van der Waals surface area contributed by atoms with Crippen LogP contribution < -0.4 is 0 Å². The van der Waals surface area contributed by atoms with E-state index in [0.717, 1.165) is 6.26 Å². The van der Waals surface area contributed by atoms with Gasteiger partial charge in [-0.15, -0.1) is 10.2 Å². The van der Waals surface area contributed by atoms with Crippen LogP contribution in [0.1, 0.15) is 5.82 Å². The maximum atomic E-state index is 11.3. The number of nitrogens with zero attached hydrogens (tertiary/aromatic N) is 3. The molecule has 0 bridgehead atoms. The van der Waals surface area contributed by atoms with E-state index in [1.165, 1.54) is 18.5 Å². The van der Waals surface area contributed by atoms with E-state index in [1.807, 2.05) is 0 Å². The van der Waals surface area contributed by atoms with Gasteiger partial charge in [0.1, 0.15) is 12.9 Å². The van der Waals surface area contributed by atoms with E-state index in [1.54, 1.807) is 16.7 Å². The molecule has 0 fully saturated rings. The van der Waals surface area contributed by atoms with Gasteiger partial charge in [-0.3, -0.25) is 4.57 Å². The van der Waals surface area contributed by atoms with Gasteiger partial charge in [0.2, 0.25) is 0 Å². The first-order chi connectivity index (χ1) is 8.02. The summed E-state index contributed by atoms with van der Waals surface area (Å²) in [6.45, 7) is -0.228. The maximum Gasteiger partial charge on any atom is 0.175 e. The number of hydrogen-bond acceptors (Lipinski definition) is 5. The van der Waals surface area contributed by atoms with Gasteiger partial charge < -0.3 is 5.11 Å². The van der Waals surface area contributed by atoms with Gasteiger partial charge in [-0.05, 0) is 24.3 Å². The second-order valence-corrected chi connectivity index (χ2v) is 5.56. The lowest BCUT2D eigenvalue weighted by Crippen LogP contribution is -2.01. The first-order valence-corrected chi connectivity index (χ1v) is 6.72. The normalized spacial score (nSPS) is 11.6. The molecule has 0 radical (unpaired) electrons. The fraction of sp³-hybridized carbons (Fsp3) is 0.200. The fourth-order valence-electron chi connectivity index (χ4n) is 1.44. The number of aliphatic hydroxyl groups is 1. The third-order valence-corrected chi connectivity index (χ3v) is 3.43. The molecule has 2 aromatic rings. The summed E-state index contributed by atoms with van der Waals surface area (Å²) in [5.41, 5.74) is 0.700. The number of hydrogen-bond donors (Lipinski definition) is 1. The zero-order valence-corrected chi connectivity index (χ0v) is 9.92. The zero-order valence-electron chi connectivity index (χ0n) is 9.11. The lowest BCUT2D eigenvalue weighted by molar-refractivity contribution is 0.269. The van der Waals surface area contributed by atoms with Crippen LogP contribution in [0, 0.1) is 0 Å². The number of aromatic nitrogens is 3. The maximum absolute atomic E-state index is 11.3. The van der Waals surface area contributed by atoms with Crippen molar-refractivity contribution in [3.63, 3.8) is 0 Å². The molecule has 0 saturated heterocycles. The molecule has 7 heteroatoms. The first-order valence-electron chi connectivity index (χ1n) is 4.82. The van der Waals surface area contributed by atoms with Crippen molar-refractivity contribution in [2.24, 2.45) is 0 Å². The van der Waals surface area contributed by atoms with E-state index < -0.39 is 9.84 Å². The number of benzene rings is 1. The Bertz CT molecular complexity index is 617. The van der Waals surface area contributed by atoms with Crippen molar-refractivity contribution in [1.82, 2.24) is 14.8 Å². The lowest BCUT2D eigenvalue weighted by Gasteiger charge is -2.05. The molecule has 0 unspecified atom stereocenters. The molecule has 0 saturated carbocycles. The van der Waals surface area contributed by atoms with Gasteiger partial charge in [0.25, 0.3) is 0 Å². The van der Waals surface area contributed by atoms with E-state index in [-0.39, 0.29) is 11.5 Å². The molecular formula is C10H11N3O3S. The average molecular weight is 253 g/mol. The summed E-state index contributed by atoms with van der Waals surface area (Å²) in [6, 6.07) is 6.29. The highest BCUT2D eigenvalue weighted by molar-refractivity contribution is 7.90. The van der Waals surface area contributed by atoms with Crippen molar-refractivity contribution in [3.05, 3.63) is 36.4 Å². The highest BCUT2D eigenvalue weighted by Crippen LogP contribution is 2.14. The molecule has 0 aliphatic rings. The second-order valence-electron chi connectivity index (χ2n) is 3.54. The van der Waals surface area contributed by atoms with Crippen molar-refractivity contribution in [2.75, 3.05) is 6.26 Å². The summed E-state index contributed by atoms with van der Waals surface area (Å²) in [4.78, 5) is 0.250. The van der Waals surface area contributed by atoms with Gasteiger partial charge in [0, 0.05) is 11.9 Å². The van der Waals surface area contributed by atoms with Gasteiger partial charge in [0.05, 0.1) is 4.90 Å². The summed E-state index contributed by atoms with van der Waals surface area (Å²) in [5.74, 6) is 0.400. The Morgan fingerprint density at radius 2 is 1.94 bits per heavy atom. The summed E-state index contributed by atoms with van der Waals surface area (Å²) < 4.78 is 24.2. The van der Waals surface area contributed by atoms with Crippen LogP contribution in [0.25, 0.3) is 5.69 Å². The number of aliphatic hydroxyl groups excluding tert-OH is 1. The van der Waals surface area contributed by atoms with Crippen LogP contribution in [-0.2, 0) is 16.4 Å². The quantitative estimate of drug-likeness (QED) is 0.842. The SMILES string of the molecule is CS(=O)(=O)c1ccc(-n2cnnc2CO)cc1. The first kappa shape index (κ1) is 11.7. The number of rotatable bonds is 3. The molecule has 1 aromatic carbocycles. The zero-order chi connectivity index (χ0) is 12.5. The molecule has 17 heavy (non-hydrogen) atoms. The molecule has 1 aromatic heterocycles. The van der Waals surface area contributed by atoms with Crippen molar-refractivity contribution in [2.45, 2.75) is 11.5 Å². The van der Waals surface area contributed by atoms with E-state index in [9.17, 15) is 8.42 Å². The van der Waals surface area contributed by atoms with Crippen LogP contribution in [0.5, 0.6) is 0 Å². The Hall–Kier alpha value is -1.73. The van der Waals surface area contributed by atoms with E-state index in [2.05, 4.69) is 10.2 Å². The summed E-state index contributed by atoms with van der Waals surface area (Å²) in [6.07, 6.45) is 2.61. The van der Waals surface area contributed by atoms with E-state index in [4.69, 9.17) is 5.11 Å². The average Bonchev–Trinajstić information content (AvgIpc) is 2.76. The molecule has 0 aliphatic carbocycles. The van der Waals surface area contributed by atoms with Crippen LogP contribution in [0.3, 0.4) is 0 Å². The van der Waals surface area contributed by atoms with E-state index in [0.29, 0.717) is 11.5 Å². The topological polar surface area (TPSA) is 85.1 Å². The highest BCUT2D eigenvalue weighted by Gasteiger charge is 2.08. The van der Waals surface area contributed by atoms with Crippen molar-refractivity contribution < 1.29 is 13.5 Å². The van der Waals surface area contributed by atoms with Gasteiger partial charge in [-0.2, -0.15) is 0 Å². The third kappa shape index (κ3) is 2.34. The number of sulfone groups is 1. The molecule has 6 nitrogen and oxygen atoms in total. The van der Waals surface area contributed by atoms with Gasteiger partial charge in [-0.25, -0.2) is 8.42 Å². The molecule has 1 heterocycles. The lowest BCUT2D eigenvalue weighted by atomic mass is 10.3. The third-order valence-electron chi connectivity index (χ3n) is 2.30. The Morgan fingerprint density at radius 1 is 1.29 bits per heavy atom. The summed E-state index contributed by atoms with van der Waals surface area (Å²) in [5, 5.41) is 16.4. The molecule has 0 spiro atoms. The molecule has 90 valence electrons. The summed E-state index contributed by atoms with van der Waals surface area (Å²) >= 11 is 0. The predicted molar refractivity (Wildman–Crippen MR) is 60.4 cm³/mol. The van der Waals surface area contributed by atoms with Crippen molar-refractivity contribution in [1.29, 1.82) is 0 Å². The minimum absolute atomic E-state index is 0.228. The monoisotopic (exact) mass is 253 g/mol. The van der Waals surface area contributed by atoms with Crippen LogP contribution in [-0.4, -0.2) is 34.5 Å². The van der Waals surface area contributed by atoms with Crippen molar-refractivity contribution in [3.8, 4) is 5.69 Å². The Morgan fingerprint density at radius 3 is 2.47 bits per heavy atom. The van der Waals surface area contributed by atoms with E-state index >= 15 is 0 Å². The van der Waals surface area contributed by atoms with Gasteiger partial charge in [0.15, 0.2) is 15.7 Å². The fourth-order valence-corrected chi connectivity index (χ4v) is 2.07. The van der Waals surface area contributed by atoms with Gasteiger partial charge in [-0.1, -0.05) is 0 Å². The second kappa shape index (κ2) is 4.27. The molecule has 0 aliphatic heterocycles. The van der Waals surface area contributed by atoms with Crippen LogP contribution >= 0.6 is 0 Å².